The van der Waals surface area contributed by atoms with Gasteiger partial charge in [-0.3, -0.25) is 0 Å². The smallest absolute Gasteiger partial charge is 0.338 e. The van der Waals surface area contributed by atoms with Crippen LogP contribution in [0.3, 0.4) is 0 Å². The van der Waals surface area contributed by atoms with E-state index in [1.165, 1.54) is 77.0 Å². The lowest BCUT2D eigenvalue weighted by Crippen LogP contribution is -2.25. The van der Waals surface area contributed by atoms with Crippen LogP contribution >= 0.6 is 0 Å². The molecule has 0 amide bonds. The van der Waals surface area contributed by atoms with Crippen LogP contribution in [0.5, 0.6) is 0 Å². The summed E-state index contributed by atoms with van der Waals surface area (Å²) in [5, 5.41) is 0. The zero-order chi connectivity index (χ0) is 20.3. The molecule has 1 rings (SSSR count). The van der Waals surface area contributed by atoms with Crippen molar-refractivity contribution >= 4 is 5.97 Å². The lowest BCUT2D eigenvalue weighted by molar-refractivity contribution is 0.0496. The van der Waals surface area contributed by atoms with E-state index in [4.69, 9.17) is 10.5 Å². The number of rotatable bonds is 17. The first-order chi connectivity index (χ1) is 13.7. The molecular formula is C25H41NO2. The van der Waals surface area contributed by atoms with Crippen molar-refractivity contribution in [2.24, 2.45) is 5.73 Å². The van der Waals surface area contributed by atoms with Crippen LogP contribution in [0.1, 0.15) is 101 Å². The molecule has 0 saturated carbocycles. The molecule has 0 fully saturated rings. The predicted octanol–water partition coefficient (Wildman–Crippen LogP) is 6.82. The van der Waals surface area contributed by atoms with Gasteiger partial charge in [0.2, 0.25) is 0 Å². The van der Waals surface area contributed by atoms with Crippen LogP contribution in [0.15, 0.2) is 42.5 Å². The zero-order valence-electron chi connectivity index (χ0n) is 17.9. The number of nitrogens with two attached hydrogens (primary N) is 1. The summed E-state index contributed by atoms with van der Waals surface area (Å²) < 4.78 is 5.24. The van der Waals surface area contributed by atoms with Crippen LogP contribution in [0, 0.1) is 0 Å². The third-order valence-corrected chi connectivity index (χ3v) is 5.02. The highest BCUT2D eigenvalue weighted by Crippen LogP contribution is 2.12. The van der Waals surface area contributed by atoms with Gasteiger partial charge in [-0.05, 0) is 25.0 Å². The van der Waals surface area contributed by atoms with Crippen LogP contribution in [-0.2, 0) is 4.74 Å². The minimum atomic E-state index is -0.314. The van der Waals surface area contributed by atoms with Gasteiger partial charge >= 0.3 is 5.97 Å². The molecule has 1 atom stereocenters. The predicted molar refractivity (Wildman–Crippen MR) is 120 cm³/mol. The van der Waals surface area contributed by atoms with Gasteiger partial charge in [-0.15, -0.1) is 0 Å². The molecular weight excluding hydrogens is 346 g/mol. The highest BCUT2D eigenvalue weighted by atomic mass is 16.5. The maximum atomic E-state index is 11.8. The molecule has 0 aliphatic heterocycles. The highest BCUT2D eigenvalue weighted by Gasteiger charge is 2.07. The summed E-state index contributed by atoms with van der Waals surface area (Å²) in [6.45, 7) is 2.50. The Hall–Kier alpha value is -1.61. The van der Waals surface area contributed by atoms with E-state index in [9.17, 15) is 4.79 Å². The van der Waals surface area contributed by atoms with E-state index in [2.05, 4.69) is 13.0 Å². The van der Waals surface area contributed by atoms with Crippen molar-refractivity contribution in [1.82, 2.24) is 0 Å². The van der Waals surface area contributed by atoms with Gasteiger partial charge in [0, 0.05) is 0 Å². The summed E-state index contributed by atoms with van der Waals surface area (Å²) in [6, 6.07) is 8.79. The maximum Gasteiger partial charge on any atom is 0.338 e. The Labute approximate surface area is 172 Å². The van der Waals surface area contributed by atoms with Crippen molar-refractivity contribution in [3.8, 4) is 0 Å². The summed E-state index contributed by atoms with van der Waals surface area (Å²) in [5.41, 5.74) is 6.55. The molecule has 0 unspecified atom stereocenters. The molecule has 0 aliphatic carbocycles. The van der Waals surface area contributed by atoms with Crippen molar-refractivity contribution in [3.05, 3.63) is 48.0 Å². The van der Waals surface area contributed by atoms with Crippen molar-refractivity contribution < 1.29 is 9.53 Å². The Morgan fingerprint density at radius 1 is 0.893 bits per heavy atom. The van der Waals surface area contributed by atoms with Gasteiger partial charge in [-0.25, -0.2) is 4.79 Å². The fourth-order valence-electron chi connectivity index (χ4n) is 3.26. The first kappa shape index (κ1) is 24.4. The second-order valence-electron chi connectivity index (χ2n) is 7.73. The minimum absolute atomic E-state index is 0.225. The number of carbonyl (C=O) groups excluding carboxylic acids is 1. The van der Waals surface area contributed by atoms with Gasteiger partial charge < -0.3 is 10.5 Å². The fourth-order valence-corrected chi connectivity index (χ4v) is 3.26. The van der Waals surface area contributed by atoms with E-state index >= 15 is 0 Å². The van der Waals surface area contributed by atoms with E-state index in [1.54, 1.807) is 12.1 Å². The van der Waals surface area contributed by atoms with Gasteiger partial charge in [0.1, 0.15) is 6.61 Å². The molecule has 1 aromatic rings. The zero-order valence-corrected chi connectivity index (χ0v) is 17.9. The summed E-state index contributed by atoms with van der Waals surface area (Å²) in [4.78, 5) is 11.8. The third-order valence-electron chi connectivity index (χ3n) is 5.02. The monoisotopic (exact) mass is 387 g/mol. The Morgan fingerprint density at radius 3 is 2.00 bits per heavy atom. The average molecular weight is 388 g/mol. The number of ether oxygens (including phenoxy) is 1. The van der Waals surface area contributed by atoms with Crippen LogP contribution in [0.25, 0.3) is 0 Å². The Morgan fingerprint density at radius 2 is 1.43 bits per heavy atom. The van der Waals surface area contributed by atoms with Crippen molar-refractivity contribution in [3.63, 3.8) is 0 Å². The number of carbonyl (C=O) groups is 1. The molecule has 3 heteroatoms. The van der Waals surface area contributed by atoms with Gasteiger partial charge in [0.15, 0.2) is 0 Å². The van der Waals surface area contributed by atoms with Crippen molar-refractivity contribution in [1.29, 1.82) is 0 Å². The van der Waals surface area contributed by atoms with Crippen LogP contribution < -0.4 is 5.73 Å². The number of unbranched alkanes of at least 4 members (excludes halogenated alkanes) is 12. The first-order valence-corrected chi connectivity index (χ1v) is 11.4. The molecule has 0 heterocycles. The lowest BCUT2D eigenvalue weighted by Gasteiger charge is -2.08. The Bertz CT molecular complexity index is 513. The Kier molecular flexibility index (Phi) is 15.3. The number of benzene rings is 1. The van der Waals surface area contributed by atoms with E-state index < -0.39 is 0 Å². The molecule has 1 aromatic carbocycles. The SMILES string of the molecule is CCCCCCCCCCCCCC/C=C\[C@@H](N)COC(=O)c1ccccc1. The molecule has 28 heavy (non-hydrogen) atoms. The molecule has 3 nitrogen and oxygen atoms in total. The lowest BCUT2D eigenvalue weighted by atomic mass is 10.0. The molecule has 0 bridgehead atoms. The molecule has 0 spiro atoms. The summed E-state index contributed by atoms with van der Waals surface area (Å²) in [7, 11) is 0. The summed E-state index contributed by atoms with van der Waals surface area (Å²) in [5.74, 6) is -0.314. The number of hydrogen-bond acceptors (Lipinski definition) is 3. The van der Waals surface area contributed by atoms with E-state index in [0.717, 1.165) is 6.42 Å². The average Bonchev–Trinajstić information content (AvgIpc) is 2.73. The minimum Gasteiger partial charge on any atom is -0.460 e. The van der Waals surface area contributed by atoms with Gasteiger partial charge in [-0.2, -0.15) is 0 Å². The van der Waals surface area contributed by atoms with Gasteiger partial charge in [0.05, 0.1) is 11.6 Å². The molecule has 158 valence electrons. The number of esters is 1. The largest absolute Gasteiger partial charge is 0.460 e. The van der Waals surface area contributed by atoms with Crippen molar-refractivity contribution in [2.75, 3.05) is 6.61 Å². The van der Waals surface area contributed by atoms with Crippen LogP contribution in [-0.4, -0.2) is 18.6 Å². The molecule has 2 N–H and O–H groups in total. The van der Waals surface area contributed by atoms with Crippen LogP contribution in [0.2, 0.25) is 0 Å². The number of hydrogen-bond donors (Lipinski definition) is 1. The van der Waals surface area contributed by atoms with Crippen molar-refractivity contribution in [2.45, 2.75) is 96.4 Å². The van der Waals surface area contributed by atoms with E-state index in [-0.39, 0.29) is 18.6 Å². The highest BCUT2D eigenvalue weighted by molar-refractivity contribution is 5.89. The maximum absolute atomic E-state index is 11.8. The van der Waals surface area contributed by atoms with E-state index in [1.807, 2.05) is 24.3 Å². The first-order valence-electron chi connectivity index (χ1n) is 11.4. The standard InChI is InChI=1S/C25H41NO2/c1-2-3-4-5-6-7-8-9-10-11-12-13-14-18-21-24(26)22-28-25(27)23-19-16-15-17-20-23/h15-21,24H,2-14,22,26H2,1H3/b21-18-/t24-/m1/s1. The summed E-state index contributed by atoms with van der Waals surface area (Å²) in [6.07, 6.45) is 21.6. The second-order valence-corrected chi connectivity index (χ2v) is 7.73. The second kappa shape index (κ2) is 17.5. The molecule has 0 aromatic heterocycles. The topological polar surface area (TPSA) is 52.3 Å². The Balaban J connectivity index is 1.90. The molecule has 0 radical (unpaired) electrons. The quantitative estimate of drug-likeness (QED) is 0.181. The summed E-state index contributed by atoms with van der Waals surface area (Å²) >= 11 is 0. The molecule has 0 saturated heterocycles. The third kappa shape index (κ3) is 13.5. The van der Waals surface area contributed by atoms with Gasteiger partial charge in [-0.1, -0.05) is 108 Å². The van der Waals surface area contributed by atoms with Crippen LogP contribution in [0.4, 0.5) is 0 Å². The normalized spacial score (nSPS) is 12.4. The van der Waals surface area contributed by atoms with E-state index in [0.29, 0.717) is 5.56 Å². The fraction of sp³-hybridized carbons (Fsp3) is 0.640. The molecule has 0 aliphatic rings. The van der Waals surface area contributed by atoms with Gasteiger partial charge in [0.25, 0.3) is 0 Å². The number of allylic oxidation sites excluding steroid dienone is 1.